The fraction of sp³-hybridized carbons (Fsp3) is 0.214. The van der Waals surface area contributed by atoms with Crippen molar-refractivity contribution in [3.8, 4) is 0 Å². The van der Waals surface area contributed by atoms with Crippen molar-refractivity contribution in [1.82, 2.24) is 9.71 Å². The molecule has 0 bridgehead atoms. The Labute approximate surface area is 123 Å². The predicted molar refractivity (Wildman–Crippen MR) is 79.9 cm³/mol. The van der Waals surface area contributed by atoms with Crippen LogP contribution in [0.1, 0.15) is 24.1 Å². The van der Waals surface area contributed by atoms with Gasteiger partial charge in [-0.25, -0.2) is 13.1 Å². The average Bonchev–Trinajstić information content (AvgIpc) is 2.41. The van der Waals surface area contributed by atoms with E-state index in [9.17, 15) is 8.42 Å². The molecular formula is C14H15ClN2O2S. The van der Waals surface area contributed by atoms with E-state index >= 15 is 0 Å². The minimum atomic E-state index is -3.41. The van der Waals surface area contributed by atoms with Gasteiger partial charge in [0.05, 0.1) is 5.75 Å². The zero-order valence-corrected chi connectivity index (χ0v) is 12.5. The van der Waals surface area contributed by atoms with Crippen molar-refractivity contribution in [2.45, 2.75) is 18.7 Å². The predicted octanol–water partition coefficient (Wildman–Crippen LogP) is 2.92. The minimum Gasteiger partial charge on any atom is -0.265 e. The van der Waals surface area contributed by atoms with Crippen molar-refractivity contribution < 1.29 is 8.42 Å². The van der Waals surface area contributed by atoms with Gasteiger partial charge in [-0.3, -0.25) is 4.98 Å². The minimum absolute atomic E-state index is 0.0698. The normalized spacial score (nSPS) is 13.1. The number of halogens is 1. The van der Waals surface area contributed by atoms with Crippen LogP contribution in [0.25, 0.3) is 0 Å². The van der Waals surface area contributed by atoms with Crippen molar-refractivity contribution >= 4 is 21.6 Å². The Kier molecular flexibility index (Phi) is 4.75. The molecule has 1 aromatic heterocycles. The lowest BCUT2D eigenvalue weighted by atomic mass is 10.1. The number of rotatable bonds is 5. The molecule has 0 saturated carbocycles. The summed E-state index contributed by atoms with van der Waals surface area (Å²) < 4.78 is 26.9. The molecule has 1 heterocycles. The van der Waals surface area contributed by atoms with Crippen LogP contribution in [0.4, 0.5) is 0 Å². The number of hydrogen-bond donors (Lipinski definition) is 1. The molecule has 0 aliphatic rings. The molecule has 0 amide bonds. The molecule has 0 fully saturated rings. The van der Waals surface area contributed by atoms with Crippen molar-refractivity contribution in [2.75, 3.05) is 0 Å². The van der Waals surface area contributed by atoms with E-state index in [1.54, 1.807) is 55.7 Å². The molecule has 2 rings (SSSR count). The van der Waals surface area contributed by atoms with E-state index in [0.29, 0.717) is 10.6 Å². The third-order valence-electron chi connectivity index (χ3n) is 2.83. The Hall–Kier alpha value is -1.43. The largest absolute Gasteiger partial charge is 0.265 e. The lowest BCUT2D eigenvalue weighted by Crippen LogP contribution is -2.28. The maximum Gasteiger partial charge on any atom is 0.216 e. The standard InChI is InChI=1S/C14H15ClN2O2S/c1-11(13-6-8-16-9-7-13)17-20(18,19)10-12-2-4-14(15)5-3-12/h2-9,11,17H,10H2,1H3. The molecule has 0 spiro atoms. The van der Waals surface area contributed by atoms with Gasteiger partial charge >= 0.3 is 0 Å². The monoisotopic (exact) mass is 310 g/mol. The molecule has 1 aromatic carbocycles. The number of aromatic nitrogens is 1. The second kappa shape index (κ2) is 6.35. The summed E-state index contributed by atoms with van der Waals surface area (Å²) >= 11 is 5.78. The van der Waals surface area contributed by atoms with Gasteiger partial charge in [-0.1, -0.05) is 23.7 Å². The van der Waals surface area contributed by atoms with Crippen LogP contribution >= 0.6 is 11.6 Å². The van der Waals surface area contributed by atoms with E-state index in [4.69, 9.17) is 11.6 Å². The van der Waals surface area contributed by atoms with Gasteiger partial charge in [0.25, 0.3) is 0 Å². The molecule has 1 atom stereocenters. The van der Waals surface area contributed by atoms with Crippen LogP contribution in [0.3, 0.4) is 0 Å². The maximum absolute atomic E-state index is 12.1. The van der Waals surface area contributed by atoms with Crippen LogP contribution in [0.2, 0.25) is 5.02 Å². The Morgan fingerprint density at radius 2 is 1.75 bits per heavy atom. The highest BCUT2D eigenvalue weighted by Gasteiger charge is 2.16. The highest BCUT2D eigenvalue weighted by Crippen LogP contribution is 2.15. The molecular weight excluding hydrogens is 296 g/mol. The number of hydrogen-bond acceptors (Lipinski definition) is 3. The van der Waals surface area contributed by atoms with Crippen LogP contribution in [0, 0.1) is 0 Å². The van der Waals surface area contributed by atoms with E-state index in [1.807, 2.05) is 0 Å². The van der Waals surface area contributed by atoms with Crippen LogP contribution in [-0.2, 0) is 15.8 Å². The molecule has 0 aliphatic carbocycles. The Balaban J connectivity index is 2.06. The first-order valence-corrected chi connectivity index (χ1v) is 8.14. The van der Waals surface area contributed by atoms with Crippen LogP contribution in [0.5, 0.6) is 0 Å². The van der Waals surface area contributed by atoms with E-state index in [0.717, 1.165) is 5.56 Å². The summed E-state index contributed by atoms with van der Waals surface area (Å²) in [5.74, 6) is -0.0698. The fourth-order valence-electron chi connectivity index (χ4n) is 1.83. The third-order valence-corrected chi connectivity index (χ3v) is 4.51. The molecule has 2 aromatic rings. The highest BCUT2D eigenvalue weighted by molar-refractivity contribution is 7.88. The van der Waals surface area contributed by atoms with Gasteiger partial charge in [-0.05, 0) is 42.3 Å². The van der Waals surface area contributed by atoms with Gasteiger partial charge in [0.15, 0.2) is 0 Å². The van der Waals surface area contributed by atoms with Crippen molar-refractivity contribution in [2.24, 2.45) is 0 Å². The Morgan fingerprint density at radius 1 is 1.15 bits per heavy atom. The van der Waals surface area contributed by atoms with Gasteiger partial charge in [0.2, 0.25) is 10.0 Å². The van der Waals surface area contributed by atoms with Gasteiger partial charge < -0.3 is 0 Å². The molecule has 6 heteroatoms. The van der Waals surface area contributed by atoms with Crippen molar-refractivity contribution in [1.29, 1.82) is 0 Å². The van der Waals surface area contributed by atoms with E-state index in [-0.39, 0.29) is 11.8 Å². The summed E-state index contributed by atoms with van der Waals surface area (Å²) in [6.45, 7) is 1.80. The number of sulfonamides is 1. The topological polar surface area (TPSA) is 59.1 Å². The lowest BCUT2D eigenvalue weighted by Gasteiger charge is -2.14. The zero-order valence-electron chi connectivity index (χ0n) is 11.0. The maximum atomic E-state index is 12.1. The summed E-state index contributed by atoms with van der Waals surface area (Å²) in [4.78, 5) is 3.91. The first-order chi connectivity index (χ1) is 9.46. The molecule has 0 saturated heterocycles. The second-order valence-electron chi connectivity index (χ2n) is 4.51. The molecule has 0 aliphatic heterocycles. The summed E-state index contributed by atoms with van der Waals surface area (Å²) in [6, 6.07) is 10.1. The summed E-state index contributed by atoms with van der Waals surface area (Å²) in [5, 5.41) is 0.587. The fourth-order valence-corrected chi connectivity index (χ4v) is 3.35. The van der Waals surface area contributed by atoms with Gasteiger partial charge in [-0.2, -0.15) is 0 Å². The second-order valence-corrected chi connectivity index (χ2v) is 6.70. The molecule has 106 valence electrons. The molecule has 4 nitrogen and oxygen atoms in total. The number of nitrogens with one attached hydrogen (secondary N) is 1. The number of nitrogens with zero attached hydrogens (tertiary/aromatic N) is 1. The molecule has 0 radical (unpaired) electrons. The van der Waals surface area contributed by atoms with Crippen molar-refractivity contribution in [3.63, 3.8) is 0 Å². The van der Waals surface area contributed by atoms with Gasteiger partial charge in [0, 0.05) is 23.5 Å². The number of benzene rings is 1. The van der Waals surface area contributed by atoms with Crippen LogP contribution in [0.15, 0.2) is 48.8 Å². The first kappa shape index (κ1) is 15.0. The van der Waals surface area contributed by atoms with E-state index in [1.165, 1.54) is 0 Å². The Morgan fingerprint density at radius 3 is 2.35 bits per heavy atom. The van der Waals surface area contributed by atoms with Crippen molar-refractivity contribution in [3.05, 3.63) is 64.9 Å². The lowest BCUT2D eigenvalue weighted by molar-refractivity contribution is 0.566. The highest BCUT2D eigenvalue weighted by atomic mass is 35.5. The smallest absolute Gasteiger partial charge is 0.216 e. The Bertz CT molecular complexity index is 657. The van der Waals surface area contributed by atoms with Crippen LogP contribution in [-0.4, -0.2) is 13.4 Å². The summed E-state index contributed by atoms with van der Waals surface area (Å²) in [5.41, 5.74) is 1.57. The van der Waals surface area contributed by atoms with Crippen LogP contribution < -0.4 is 4.72 Å². The first-order valence-electron chi connectivity index (χ1n) is 6.11. The number of pyridine rings is 1. The average molecular weight is 311 g/mol. The molecule has 1 unspecified atom stereocenters. The van der Waals surface area contributed by atoms with Gasteiger partial charge in [0.1, 0.15) is 0 Å². The molecule has 20 heavy (non-hydrogen) atoms. The quantitative estimate of drug-likeness (QED) is 0.923. The van der Waals surface area contributed by atoms with E-state index in [2.05, 4.69) is 9.71 Å². The zero-order chi connectivity index (χ0) is 14.6. The summed E-state index contributed by atoms with van der Waals surface area (Å²) in [6.07, 6.45) is 3.28. The summed E-state index contributed by atoms with van der Waals surface area (Å²) in [7, 11) is -3.41. The van der Waals surface area contributed by atoms with Gasteiger partial charge in [-0.15, -0.1) is 0 Å². The molecule has 1 N–H and O–H groups in total. The SMILES string of the molecule is CC(NS(=O)(=O)Cc1ccc(Cl)cc1)c1ccncc1. The van der Waals surface area contributed by atoms with E-state index < -0.39 is 10.0 Å². The third kappa shape index (κ3) is 4.30.